The Balaban J connectivity index is 2.42. The van der Waals surface area contributed by atoms with Crippen LogP contribution in [0.5, 0.6) is 0 Å². The molecule has 1 amide bonds. The SMILES string of the molecule is CC(C)CC(CCO)CNC(=O)C(C)c1ccsc1. The van der Waals surface area contributed by atoms with E-state index in [0.717, 1.165) is 18.4 Å². The molecule has 2 N–H and O–H groups in total. The second-order valence-corrected chi connectivity index (χ2v) is 6.31. The largest absolute Gasteiger partial charge is 0.396 e. The lowest BCUT2D eigenvalue weighted by Crippen LogP contribution is -2.33. The smallest absolute Gasteiger partial charge is 0.227 e. The standard InChI is InChI=1S/C15H25NO2S/c1-11(2)8-13(4-6-17)9-16-15(18)12(3)14-5-7-19-10-14/h5,7,10-13,17H,4,6,8-9H2,1-3H3,(H,16,18). The molecule has 0 aliphatic carbocycles. The first kappa shape index (κ1) is 16.2. The van der Waals surface area contributed by atoms with Crippen LogP contribution >= 0.6 is 11.3 Å². The average molecular weight is 283 g/mol. The van der Waals surface area contributed by atoms with Crippen molar-refractivity contribution in [1.82, 2.24) is 5.32 Å². The fourth-order valence-corrected chi connectivity index (χ4v) is 2.98. The van der Waals surface area contributed by atoms with Gasteiger partial charge in [-0.2, -0.15) is 11.3 Å². The van der Waals surface area contributed by atoms with Gasteiger partial charge >= 0.3 is 0 Å². The molecule has 0 aliphatic heterocycles. The molecule has 1 aromatic rings. The molecule has 0 saturated heterocycles. The molecule has 1 rings (SSSR count). The van der Waals surface area contributed by atoms with Crippen LogP contribution in [0, 0.1) is 11.8 Å². The third kappa shape index (κ3) is 5.74. The molecule has 0 spiro atoms. The van der Waals surface area contributed by atoms with Crippen LogP contribution in [-0.2, 0) is 4.79 Å². The van der Waals surface area contributed by atoms with Gasteiger partial charge in [-0.3, -0.25) is 4.79 Å². The van der Waals surface area contributed by atoms with Crippen LogP contribution in [0.4, 0.5) is 0 Å². The number of hydrogen-bond acceptors (Lipinski definition) is 3. The van der Waals surface area contributed by atoms with Gasteiger partial charge in [0.2, 0.25) is 5.91 Å². The van der Waals surface area contributed by atoms with E-state index in [4.69, 9.17) is 5.11 Å². The molecule has 2 unspecified atom stereocenters. The van der Waals surface area contributed by atoms with Crippen molar-refractivity contribution >= 4 is 17.2 Å². The highest BCUT2D eigenvalue weighted by molar-refractivity contribution is 7.08. The number of aliphatic hydroxyl groups excluding tert-OH is 1. The van der Waals surface area contributed by atoms with Crippen molar-refractivity contribution in [2.24, 2.45) is 11.8 Å². The Morgan fingerprint density at radius 2 is 2.16 bits per heavy atom. The van der Waals surface area contributed by atoms with Crippen molar-refractivity contribution in [1.29, 1.82) is 0 Å². The monoisotopic (exact) mass is 283 g/mol. The Hall–Kier alpha value is -0.870. The molecule has 0 aromatic carbocycles. The maximum Gasteiger partial charge on any atom is 0.227 e. The summed E-state index contributed by atoms with van der Waals surface area (Å²) in [6, 6.07) is 1.99. The summed E-state index contributed by atoms with van der Waals surface area (Å²) in [6.45, 7) is 7.11. The second kappa shape index (κ2) is 8.33. The Kier molecular flexibility index (Phi) is 7.10. The van der Waals surface area contributed by atoms with Gasteiger partial charge in [-0.1, -0.05) is 13.8 Å². The number of aliphatic hydroxyl groups is 1. The van der Waals surface area contributed by atoms with Crippen LogP contribution in [0.3, 0.4) is 0 Å². The molecule has 19 heavy (non-hydrogen) atoms. The molecular weight excluding hydrogens is 258 g/mol. The van der Waals surface area contributed by atoms with Crippen molar-refractivity contribution < 1.29 is 9.90 Å². The molecule has 0 saturated carbocycles. The van der Waals surface area contributed by atoms with Gasteiger partial charge in [0, 0.05) is 13.2 Å². The fourth-order valence-electron chi connectivity index (χ4n) is 2.22. The van der Waals surface area contributed by atoms with E-state index in [1.165, 1.54) is 0 Å². The minimum atomic E-state index is -0.0972. The molecule has 0 aliphatic rings. The molecule has 4 heteroatoms. The first-order valence-corrected chi connectivity index (χ1v) is 7.89. The van der Waals surface area contributed by atoms with Gasteiger partial charge in [0.1, 0.15) is 0 Å². The summed E-state index contributed by atoms with van der Waals surface area (Å²) in [5.74, 6) is 0.927. The van der Waals surface area contributed by atoms with Crippen LogP contribution in [0.15, 0.2) is 16.8 Å². The third-order valence-electron chi connectivity index (χ3n) is 3.34. The number of nitrogens with one attached hydrogen (secondary N) is 1. The normalized spacial score (nSPS) is 14.4. The zero-order chi connectivity index (χ0) is 14.3. The van der Waals surface area contributed by atoms with Gasteiger partial charge < -0.3 is 10.4 Å². The van der Waals surface area contributed by atoms with Crippen molar-refractivity contribution in [2.75, 3.05) is 13.2 Å². The second-order valence-electron chi connectivity index (χ2n) is 5.53. The Labute approximate surface area is 120 Å². The average Bonchev–Trinajstić information content (AvgIpc) is 2.88. The highest BCUT2D eigenvalue weighted by Crippen LogP contribution is 2.19. The van der Waals surface area contributed by atoms with Crippen LogP contribution in [-0.4, -0.2) is 24.2 Å². The van der Waals surface area contributed by atoms with E-state index in [1.54, 1.807) is 11.3 Å². The van der Waals surface area contributed by atoms with Crippen LogP contribution in [0.2, 0.25) is 0 Å². The zero-order valence-corrected chi connectivity index (χ0v) is 12.9. The first-order valence-electron chi connectivity index (χ1n) is 6.95. The maximum absolute atomic E-state index is 12.1. The first-order chi connectivity index (χ1) is 9.04. The number of rotatable bonds is 8. The number of carbonyl (C=O) groups excluding carboxylic acids is 1. The summed E-state index contributed by atoms with van der Waals surface area (Å²) >= 11 is 1.61. The molecule has 3 nitrogen and oxygen atoms in total. The summed E-state index contributed by atoms with van der Waals surface area (Å²) < 4.78 is 0. The molecule has 1 aromatic heterocycles. The minimum Gasteiger partial charge on any atom is -0.396 e. The summed E-state index contributed by atoms with van der Waals surface area (Å²) in [7, 11) is 0. The molecule has 2 atom stereocenters. The summed E-state index contributed by atoms with van der Waals surface area (Å²) in [6.07, 6.45) is 1.79. The predicted octanol–water partition coefficient (Wildman–Crippen LogP) is 3.01. The van der Waals surface area contributed by atoms with E-state index < -0.39 is 0 Å². The number of hydrogen-bond donors (Lipinski definition) is 2. The van der Waals surface area contributed by atoms with E-state index in [9.17, 15) is 4.79 Å². The number of amides is 1. The Morgan fingerprint density at radius 3 is 2.68 bits per heavy atom. The van der Waals surface area contributed by atoms with E-state index in [1.807, 2.05) is 23.8 Å². The lowest BCUT2D eigenvalue weighted by Gasteiger charge is -2.20. The van der Waals surface area contributed by atoms with Crippen molar-refractivity contribution in [3.05, 3.63) is 22.4 Å². The van der Waals surface area contributed by atoms with Crippen LogP contribution in [0.1, 0.15) is 45.1 Å². The molecule has 1 heterocycles. The van der Waals surface area contributed by atoms with Gasteiger partial charge in [0.25, 0.3) is 0 Å². The van der Waals surface area contributed by atoms with Crippen molar-refractivity contribution in [3.63, 3.8) is 0 Å². The number of carbonyl (C=O) groups is 1. The van der Waals surface area contributed by atoms with Gasteiger partial charge in [-0.25, -0.2) is 0 Å². The zero-order valence-electron chi connectivity index (χ0n) is 12.1. The van der Waals surface area contributed by atoms with E-state index in [0.29, 0.717) is 18.4 Å². The van der Waals surface area contributed by atoms with Gasteiger partial charge in [0.15, 0.2) is 0 Å². The Bertz CT molecular complexity index is 362. The van der Waals surface area contributed by atoms with Crippen LogP contribution in [0.25, 0.3) is 0 Å². The summed E-state index contributed by atoms with van der Waals surface area (Å²) in [5.41, 5.74) is 1.07. The molecule has 0 radical (unpaired) electrons. The maximum atomic E-state index is 12.1. The fraction of sp³-hybridized carbons (Fsp3) is 0.667. The van der Waals surface area contributed by atoms with Gasteiger partial charge in [-0.05, 0) is 54.0 Å². The number of thiophene rings is 1. The molecule has 108 valence electrons. The Morgan fingerprint density at radius 1 is 1.42 bits per heavy atom. The summed E-state index contributed by atoms with van der Waals surface area (Å²) in [4.78, 5) is 12.1. The van der Waals surface area contributed by atoms with Gasteiger partial charge in [0.05, 0.1) is 5.92 Å². The van der Waals surface area contributed by atoms with E-state index >= 15 is 0 Å². The minimum absolute atomic E-state index is 0.0742. The van der Waals surface area contributed by atoms with E-state index in [2.05, 4.69) is 19.2 Å². The van der Waals surface area contributed by atoms with E-state index in [-0.39, 0.29) is 18.4 Å². The topological polar surface area (TPSA) is 49.3 Å². The van der Waals surface area contributed by atoms with Crippen LogP contribution < -0.4 is 5.32 Å². The quantitative estimate of drug-likeness (QED) is 0.770. The highest BCUT2D eigenvalue weighted by Gasteiger charge is 2.17. The summed E-state index contributed by atoms with van der Waals surface area (Å²) in [5, 5.41) is 16.1. The molecule has 0 fully saturated rings. The highest BCUT2D eigenvalue weighted by atomic mass is 32.1. The third-order valence-corrected chi connectivity index (χ3v) is 4.04. The molecular formula is C15H25NO2S. The predicted molar refractivity (Wildman–Crippen MR) is 80.4 cm³/mol. The lowest BCUT2D eigenvalue weighted by molar-refractivity contribution is -0.122. The van der Waals surface area contributed by atoms with Crippen molar-refractivity contribution in [2.45, 2.75) is 39.5 Å². The van der Waals surface area contributed by atoms with Gasteiger partial charge in [-0.15, -0.1) is 0 Å². The lowest BCUT2D eigenvalue weighted by atomic mass is 9.94. The molecule has 0 bridgehead atoms. The van der Waals surface area contributed by atoms with Crippen molar-refractivity contribution in [3.8, 4) is 0 Å².